The number of amides is 1. The van der Waals surface area contributed by atoms with Crippen LogP contribution < -0.4 is 10.2 Å². The van der Waals surface area contributed by atoms with Crippen molar-refractivity contribution in [3.63, 3.8) is 0 Å². The lowest BCUT2D eigenvalue weighted by molar-refractivity contribution is 0.0988. The molecule has 2 aliphatic rings. The molecule has 3 heterocycles. The molecule has 0 radical (unpaired) electrons. The number of hydrogen-bond donors (Lipinski definition) is 1. The second-order valence-electron chi connectivity index (χ2n) is 5.59. The molecule has 0 unspecified atom stereocenters. The van der Waals surface area contributed by atoms with E-state index in [2.05, 4.69) is 16.4 Å². The number of hydrogen-bond acceptors (Lipinski definition) is 3. The van der Waals surface area contributed by atoms with Crippen molar-refractivity contribution in [2.75, 3.05) is 18.0 Å². The van der Waals surface area contributed by atoms with Gasteiger partial charge in [0.2, 0.25) is 0 Å². The molecule has 1 N–H and O–H groups in total. The first-order valence-corrected chi connectivity index (χ1v) is 7.41. The van der Waals surface area contributed by atoms with Gasteiger partial charge in [0.15, 0.2) is 0 Å². The predicted molar refractivity (Wildman–Crippen MR) is 81.5 cm³/mol. The van der Waals surface area contributed by atoms with E-state index < -0.39 is 0 Å². The summed E-state index contributed by atoms with van der Waals surface area (Å²) in [4.78, 5) is 19.1. The third kappa shape index (κ3) is 2.03. The van der Waals surface area contributed by atoms with Gasteiger partial charge in [0, 0.05) is 31.2 Å². The minimum Gasteiger partial charge on any atom is -0.312 e. The quantitative estimate of drug-likeness (QED) is 0.867. The van der Waals surface area contributed by atoms with Crippen LogP contribution in [0, 0.1) is 0 Å². The van der Waals surface area contributed by atoms with Crippen molar-refractivity contribution in [1.29, 1.82) is 0 Å². The summed E-state index contributed by atoms with van der Waals surface area (Å²) in [7, 11) is 0. The molecule has 106 valence electrons. The van der Waals surface area contributed by atoms with Gasteiger partial charge in [0.05, 0.1) is 5.56 Å². The Morgan fingerprint density at radius 2 is 2.05 bits per heavy atom. The van der Waals surface area contributed by atoms with Crippen molar-refractivity contribution in [2.45, 2.75) is 19.4 Å². The molecule has 0 atom stereocenters. The lowest BCUT2D eigenvalue weighted by atomic mass is 9.97. The summed E-state index contributed by atoms with van der Waals surface area (Å²) >= 11 is 0. The van der Waals surface area contributed by atoms with E-state index in [0.717, 1.165) is 54.9 Å². The van der Waals surface area contributed by atoms with Crippen LogP contribution in [0.4, 0.5) is 5.69 Å². The number of fused-ring (bicyclic) bond motifs is 2. The Bertz CT molecular complexity index is 711. The topological polar surface area (TPSA) is 45.2 Å². The smallest absolute Gasteiger partial charge is 0.260 e. The summed E-state index contributed by atoms with van der Waals surface area (Å²) in [6.45, 7) is 2.49. The Morgan fingerprint density at radius 1 is 1.14 bits per heavy atom. The SMILES string of the molecule is O=C(c1cncc2c1CCNC2)N1CCc2ccccc21. The summed E-state index contributed by atoms with van der Waals surface area (Å²) < 4.78 is 0. The molecule has 0 bridgehead atoms. The zero-order valence-electron chi connectivity index (χ0n) is 11.8. The highest BCUT2D eigenvalue weighted by Gasteiger charge is 2.28. The van der Waals surface area contributed by atoms with Crippen LogP contribution in [0.15, 0.2) is 36.7 Å². The number of aromatic nitrogens is 1. The van der Waals surface area contributed by atoms with E-state index in [1.807, 2.05) is 29.3 Å². The lowest BCUT2D eigenvalue weighted by Crippen LogP contribution is -2.32. The molecule has 4 heteroatoms. The fourth-order valence-corrected chi connectivity index (χ4v) is 3.29. The monoisotopic (exact) mass is 279 g/mol. The van der Waals surface area contributed by atoms with Gasteiger partial charge in [-0.1, -0.05) is 18.2 Å². The third-order valence-electron chi connectivity index (χ3n) is 4.38. The summed E-state index contributed by atoms with van der Waals surface area (Å²) in [5.41, 5.74) is 5.39. The highest BCUT2D eigenvalue weighted by Crippen LogP contribution is 2.30. The van der Waals surface area contributed by atoms with Gasteiger partial charge in [0.25, 0.3) is 5.91 Å². The van der Waals surface area contributed by atoms with Crippen molar-refractivity contribution in [3.05, 3.63) is 58.9 Å². The Balaban J connectivity index is 1.74. The van der Waals surface area contributed by atoms with E-state index in [1.165, 1.54) is 5.56 Å². The van der Waals surface area contributed by atoms with Crippen LogP contribution in [-0.2, 0) is 19.4 Å². The molecule has 1 aromatic heterocycles. The number of benzene rings is 1. The largest absolute Gasteiger partial charge is 0.312 e. The van der Waals surface area contributed by atoms with Crippen molar-refractivity contribution >= 4 is 11.6 Å². The molecule has 4 rings (SSSR count). The Kier molecular flexibility index (Phi) is 2.97. The number of para-hydroxylation sites is 1. The van der Waals surface area contributed by atoms with Crippen molar-refractivity contribution in [2.24, 2.45) is 0 Å². The van der Waals surface area contributed by atoms with E-state index in [-0.39, 0.29) is 5.91 Å². The van der Waals surface area contributed by atoms with Crippen molar-refractivity contribution in [1.82, 2.24) is 10.3 Å². The van der Waals surface area contributed by atoms with Crippen LogP contribution in [-0.4, -0.2) is 24.0 Å². The fraction of sp³-hybridized carbons (Fsp3) is 0.294. The highest BCUT2D eigenvalue weighted by atomic mass is 16.2. The van der Waals surface area contributed by atoms with Crippen molar-refractivity contribution in [3.8, 4) is 0 Å². The normalized spacial score (nSPS) is 16.5. The molecule has 21 heavy (non-hydrogen) atoms. The molecular formula is C17H17N3O. The van der Waals surface area contributed by atoms with Crippen molar-refractivity contribution < 1.29 is 4.79 Å². The molecule has 2 aliphatic heterocycles. The fourth-order valence-electron chi connectivity index (χ4n) is 3.29. The molecule has 1 amide bonds. The van der Waals surface area contributed by atoms with Crippen LogP contribution >= 0.6 is 0 Å². The molecule has 4 nitrogen and oxygen atoms in total. The number of carbonyl (C=O) groups excluding carboxylic acids is 1. The van der Waals surface area contributed by atoms with E-state index in [0.29, 0.717) is 0 Å². The average molecular weight is 279 g/mol. The number of nitrogens with one attached hydrogen (secondary N) is 1. The summed E-state index contributed by atoms with van der Waals surface area (Å²) in [6.07, 6.45) is 5.43. The number of rotatable bonds is 1. The number of carbonyl (C=O) groups is 1. The summed E-state index contributed by atoms with van der Waals surface area (Å²) in [5.74, 6) is 0.0891. The first-order chi connectivity index (χ1) is 10.3. The first kappa shape index (κ1) is 12.5. The van der Waals surface area contributed by atoms with Gasteiger partial charge in [-0.05, 0) is 42.1 Å². The molecular weight excluding hydrogens is 262 g/mol. The Labute approximate surface area is 123 Å². The second-order valence-corrected chi connectivity index (χ2v) is 5.59. The minimum absolute atomic E-state index is 0.0891. The van der Waals surface area contributed by atoms with Gasteiger partial charge in [0.1, 0.15) is 0 Å². The van der Waals surface area contributed by atoms with Crippen LogP contribution in [0.3, 0.4) is 0 Å². The van der Waals surface area contributed by atoms with E-state index in [1.54, 1.807) is 6.20 Å². The number of anilines is 1. The standard InChI is InChI=1S/C17H17N3O/c21-17(20-8-6-12-3-1-2-4-16(12)20)15-11-19-10-13-9-18-7-5-14(13)15/h1-4,10-11,18H,5-9H2. The molecule has 0 fully saturated rings. The van der Waals surface area contributed by atoms with Gasteiger partial charge in [-0.15, -0.1) is 0 Å². The maximum atomic E-state index is 12.9. The maximum Gasteiger partial charge on any atom is 0.260 e. The lowest BCUT2D eigenvalue weighted by Gasteiger charge is -2.23. The average Bonchev–Trinajstić information content (AvgIpc) is 2.98. The summed E-state index contributed by atoms with van der Waals surface area (Å²) in [5, 5.41) is 3.33. The van der Waals surface area contributed by atoms with E-state index >= 15 is 0 Å². The van der Waals surface area contributed by atoms with E-state index in [4.69, 9.17) is 0 Å². The molecule has 0 saturated carbocycles. The Hall–Kier alpha value is -2.20. The van der Waals surface area contributed by atoms with Crippen LogP contribution in [0.2, 0.25) is 0 Å². The molecule has 0 aliphatic carbocycles. The predicted octanol–water partition coefficient (Wildman–Crippen LogP) is 1.93. The molecule has 0 saturated heterocycles. The highest BCUT2D eigenvalue weighted by molar-refractivity contribution is 6.08. The Morgan fingerprint density at radius 3 is 3.00 bits per heavy atom. The van der Waals surface area contributed by atoms with Gasteiger partial charge in [-0.2, -0.15) is 0 Å². The van der Waals surface area contributed by atoms with Gasteiger partial charge >= 0.3 is 0 Å². The maximum absolute atomic E-state index is 12.9. The van der Waals surface area contributed by atoms with Crippen LogP contribution in [0.5, 0.6) is 0 Å². The third-order valence-corrected chi connectivity index (χ3v) is 4.38. The van der Waals surface area contributed by atoms with Gasteiger partial charge in [-0.25, -0.2) is 0 Å². The second kappa shape index (κ2) is 4.97. The van der Waals surface area contributed by atoms with Gasteiger partial charge in [-0.3, -0.25) is 9.78 Å². The zero-order valence-corrected chi connectivity index (χ0v) is 11.8. The molecule has 0 spiro atoms. The zero-order chi connectivity index (χ0) is 14.2. The van der Waals surface area contributed by atoms with Crippen LogP contribution in [0.25, 0.3) is 0 Å². The van der Waals surface area contributed by atoms with Gasteiger partial charge < -0.3 is 10.2 Å². The summed E-state index contributed by atoms with van der Waals surface area (Å²) in [6, 6.07) is 8.16. The minimum atomic E-state index is 0.0891. The molecule has 2 aromatic rings. The van der Waals surface area contributed by atoms with Crippen LogP contribution in [0.1, 0.15) is 27.0 Å². The molecule has 1 aromatic carbocycles. The number of nitrogens with zero attached hydrogens (tertiary/aromatic N) is 2. The first-order valence-electron chi connectivity index (χ1n) is 7.41. The number of pyridine rings is 1. The van der Waals surface area contributed by atoms with E-state index in [9.17, 15) is 4.79 Å².